The fourth-order valence-electron chi connectivity index (χ4n) is 1.34. The summed E-state index contributed by atoms with van der Waals surface area (Å²) in [6, 6.07) is 7.28. The van der Waals surface area contributed by atoms with Crippen LogP contribution in [-0.4, -0.2) is 25.1 Å². The molecule has 1 aromatic rings. The lowest BCUT2D eigenvalue weighted by atomic mass is 10.1. The van der Waals surface area contributed by atoms with E-state index in [2.05, 4.69) is 0 Å². The molecule has 4 heteroatoms. The molecule has 0 spiro atoms. The molecular weight excluding hydrogens is 216 g/mol. The largest absolute Gasteiger partial charge is 0.390 e. The lowest BCUT2D eigenvalue weighted by Gasteiger charge is -2.21. The Labute approximate surface area is 94.6 Å². The van der Waals surface area contributed by atoms with Crippen molar-refractivity contribution in [2.24, 2.45) is 0 Å². The van der Waals surface area contributed by atoms with Gasteiger partial charge in [-0.15, -0.1) is 0 Å². The van der Waals surface area contributed by atoms with Gasteiger partial charge < -0.3 is 14.6 Å². The van der Waals surface area contributed by atoms with E-state index in [1.165, 1.54) is 7.11 Å². The fraction of sp³-hybridized carbons (Fsp3) is 0.455. The Bertz CT molecular complexity index is 302. The Hall–Kier alpha value is -0.610. The first-order chi connectivity index (χ1) is 7.16. The summed E-state index contributed by atoms with van der Waals surface area (Å²) in [5, 5.41) is 10.2. The van der Waals surface area contributed by atoms with Gasteiger partial charge in [-0.3, -0.25) is 0 Å². The van der Waals surface area contributed by atoms with E-state index in [4.69, 9.17) is 21.1 Å². The molecule has 84 valence electrons. The number of benzene rings is 1. The van der Waals surface area contributed by atoms with Crippen LogP contribution in [0.5, 0.6) is 0 Å². The van der Waals surface area contributed by atoms with Crippen LogP contribution in [0.4, 0.5) is 0 Å². The van der Waals surface area contributed by atoms with Crippen LogP contribution in [-0.2, 0) is 9.47 Å². The highest BCUT2D eigenvalue weighted by Gasteiger charge is 2.20. The Kier molecular flexibility index (Phi) is 5.05. The zero-order chi connectivity index (χ0) is 11.3. The van der Waals surface area contributed by atoms with Crippen LogP contribution in [0, 0.1) is 0 Å². The third kappa shape index (κ3) is 3.47. The van der Waals surface area contributed by atoms with Crippen molar-refractivity contribution in [3.63, 3.8) is 0 Å². The predicted octanol–water partition coefficient (Wildman–Crippen LogP) is 2.38. The van der Waals surface area contributed by atoms with E-state index in [0.29, 0.717) is 5.02 Å². The zero-order valence-electron chi connectivity index (χ0n) is 8.81. The first kappa shape index (κ1) is 12.5. The monoisotopic (exact) mass is 230 g/mol. The standard InChI is InChI=1S/C11H15ClO3/c1-8(13)11(15-7-14-2)9-5-3-4-6-10(9)12/h3-6,8,11,13H,7H2,1-2H3. The van der Waals surface area contributed by atoms with Crippen molar-refractivity contribution < 1.29 is 14.6 Å². The lowest BCUT2D eigenvalue weighted by molar-refractivity contribution is -0.110. The Balaban J connectivity index is 2.84. The molecular formula is C11H15ClO3. The second-order valence-corrected chi connectivity index (χ2v) is 3.66. The zero-order valence-corrected chi connectivity index (χ0v) is 9.57. The van der Waals surface area contributed by atoms with Crippen LogP contribution in [0.25, 0.3) is 0 Å². The summed E-state index contributed by atoms with van der Waals surface area (Å²) in [6.45, 7) is 1.78. The van der Waals surface area contributed by atoms with Gasteiger partial charge in [0.15, 0.2) is 0 Å². The van der Waals surface area contributed by atoms with Crippen molar-refractivity contribution >= 4 is 11.6 Å². The molecule has 0 aliphatic carbocycles. The molecule has 15 heavy (non-hydrogen) atoms. The second kappa shape index (κ2) is 6.08. The van der Waals surface area contributed by atoms with Crippen LogP contribution < -0.4 is 0 Å². The van der Waals surface area contributed by atoms with E-state index in [1.54, 1.807) is 13.0 Å². The summed E-state index contributed by atoms with van der Waals surface area (Å²) in [5.41, 5.74) is 0.770. The average molecular weight is 231 g/mol. The highest BCUT2D eigenvalue weighted by Crippen LogP contribution is 2.27. The molecule has 0 aliphatic rings. The van der Waals surface area contributed by atoms with Gasteiger partial charge in [0.1, 0.15) is 12.9 Å². The fourth-order valence-corrected chi connectivity index (χ4v) is 1.58. The summed E-state index contributed by atoms with van der Waals surface area (Å²) in [6.07, 6.45) is -1.10. The van der Waals surface area contributed by atoms with Crippen molar-refractivity contribution in [3.05, 3.63) is 34.9 Å². The molecule has 0 saturated carbocycles. The molecule has 0 radical (unpaired) electrons. The maximum atomic E-state index is 9.58. The molecule has 0 fully saturated rings. The maximum absolute atomic E-state index is 9.58. The van der Waals surface area contributed by atoms with Gasteiger partial charge in [-0.05, 0) is 13.0 Å². The molecule has 1 rings (SSSR count). The van der Waals surface area contributed by atoms with Crippen molar-refractivity contribution in [1.29, 1.82) is 0 Å². The van der Waals surface area contributed by atoms with Crippen LogP contribution in [0.2, 0.25) is 5.02 Å². The number of methoxy groups -OCH3 is 1. The van der Waals surface area contributed by atoms with Gasteiger partial charge in [0.25, 0.3) is 0 Å². The summed E-state index contributed by atoms with van der Waals surface area (Å²) < 4.78 is 10.2. The Morgan fingerprint density at radius 2 is 2.07 bits per heavy atom. The lowest BCUT2D eigenvalue weighted by Crippen LogP contribution is -2.19. The smallest absolute Gasteiger partial charge is 0.147 e. The van der Waals surface area contributed by atoms with E-state index in [1.807, 2.05) is 18.2 Å². The van der Waals surface area contributed by atoms with Gasteiger partial charge in [-0.25, -0.2) is 0 Å². The van der Waals surface area contributed by atoms with Gasteiger partial charge in [0, 0.05) is 17.7 Å². The maximum Gasteiger partial charge on any atom is 0.147 e. The van der Waals surface area contributed by atoms with Crippen molar-refractivity contribution in [1.82, 2.24) is 0 Å². The molecule has 0 aromatic heterocycles. The molecule has 0 amide bonds. The SMILES string of the molecule is COCOC(c1ccccc1Cl)C(C)O. The van der Waals surface area contributed by atoms with Crippen LogP contribution in [0.3, 0.4) is 0 Å². The highest BCUT2D eigenvalue weighted by molar-refractivity contribution is 6.31. The molecule has 2 unspecified atom stereocenters. The van der Waals surface area contributed by atoms with Crippen LogP contribution >= 0.6 is 11.6 Å². The molecule has 2 atom stereocenters. The first-order valence-electron chi connectivity index (χ1n) is 4.70. The van der Waals surface area contributed by atoms with Gasteiger partial charge >= 0.3 is 0 Å². The molecule has 1 N–H and O–H groups in total. The van der Waals surface area contributed by atoms with Crippen molar-refractivity contribution in [2.75, 3.05) is 13.9 Å². The van der Waals surface area contributed by atoms with Gasteiger partial charge in [0.05, 0.1) is 6.10 Å². The van der Waals surface area contributed by atoms with E-state index < -0.39 is 12.2 Å². The van der Waals surface area contributed by atoms with Gasteiger partial charge in [-0.2, -0.15) is 0 Å². The summed E-state index contributed by atoms with van der Waals surface area (Å²) in [5.74, 6) is 0. The Morgan fingerprint density at radius 3 is 2.60 bits per heavy atom. The number of hydrogen-bond acceptors (Lipinski definition) is 3. The number of hydrogen-bond donors (Lipinski definition) is 1. The molecule has 3 nitrogen and oxygen atoms in total. The number of aliphatic hydroxyl groups is 1. The van der Waals surface area contributed by atoms with Crippen LogP contribution in [0.1, 0.15) is 18.6 Å². The average Bonchev–Trinajstić information content (AvgIpc) is 2.20. The summed E-state index contributed by atoms with van der Waals surface area (Å²) in [4.78, 5) is 0. The minimum absolute atomic E-state index is 0.126. The quantitative estimate of drug-likeness (QED) is 0.790. The summed E-state index contributed by atoms with van der Waals surface area (Å²) in [7, 11) is 1.53. The molecule has 1 aromatic carbocycles. The second-order valence-electron chi connectivity index (χ2n) is 3.26. The molecule has 0 aliphatic heterocycles. The first-order valence-corrected chi connectivity index (χ1v) is 5.07. The molecule has 0 bridgehead atoms. The normalized spacial score (nSPS) is 14.9. The van der Waals surface area contributed by atoms with E-state index in [0.717, 1.165) is 5.56 Å². The number of halogens is 1. The van der Waals surface area contributed by atoms with E-state index >= 15 is 0 Å². The third-order valence-electron chi connectivity index (χ3n) is 2.02. The number of aliphatic hydroxyl groups excluding tert-OH is 1. The van der Waals surface area contributed by atoms with Crippen LogP contribution in [0.15, 0.2) is 24.3 Å². The van der Waals surface area contributed by atoms with E-state index in [9.17, 15) is 5.11 Å². The molecule has 0 saturated heterocycles. The number of rotatable bonds is 5. The van der Waals surface area contributed by atoms with Gasteiger partial charge in [0.2, 0.25) is 0 Å². The predicted molar refractivity (Wildman–Crippen MR) is 58.8 cm³/mol. The summed E-state index contributed by atoms with van der Waals surface area (Å²) >= 11 is 6.01. The topological polar surface area (TPSA) is 38.7 Å². The minimum Gasteiger partial charge on any atom is -0.390 e. The highest BCUT2D eigenvalue weighted by atomic mass is 35.5. The molecule has 0 heterocycles. The van der Waals surface area contributed by atoms with Crippen molar-refractivity contribution in [2.45, 2.75) is 19.1 Å². The van der Waals surface area contributed by atoms with E-state index in [-0.39, 0.29) is 6.79 Å². The number of ether oxygens (including phenoxy) is 2. The van der Waals surface area contributed by atoms with Crippen molar-refractivity contribution in [3.8, 4) is 0 Å². The third-order valence-corrected chi connectivity index (χ3v) is 2.36. The Morgan fingerprint density at radius 1 is 1.40 bits per heavy atom. The van der Waals surface area contributed by atoms with Gasteiger partial charge in [-0.1, -0.05) is 29.8 Å². The minimum atomic E-state index is -0.639.